The van der Waals surface area contributed by atoms with E-state index in [4.69, 9.17) is 5.26 Å². The third kappa shape index (κ3) is 3.07. The van der Waals surface area contributed by atoms with Crippen molar-refractivity contribution in [2.24, 2.45) is 5.92 Å². The number of nitriles is 1. The lowest BCUT2D eigenvalue weighted by Crippen LogP contribution is -2.35. The fourth-order valence-electron chi connectivity index (χ4n) is 1.77. The normalized spacial score (nSPS) is 11.6. The number of hydrogen-bond acceptors (Lipinski definition) is 2. The van der Waals surface area contributed by atoms with Crippen LogP contribution in [0.5, 0.6) is 0 Å². The van der Waals surface area contributed by atoms with E-state index in [-0.39, 0.29) is 5.91 Å². The first-order valence-electron chi connectivity index (χ1n) is 5.91. The van der Waals surface area contributed by atoms with Gasteiger partial charge in [0.25, 0.3) is 0 Å². The number of anilines is 1. The van der Waals surface area contributed by atoms with Gasteiger partial charge >= 0.3 is 0 Å². The minimum absolute atomic E-state index is 0.108. The Morgan fingerprint density at radius 2 is 2.18 bits per heavy atom. The zero-order valence-corrected chi connectivity index (χ0v) is 10.6. The molecule has 3 heteroatoms. The average molecular weight is 230 g/mol. The van der Waals surface area contributed by atoms with Crippen molar-refractivity contribution in [3.8, 4) is 6.07 Å². The van der Waals surface area contributed by atoms with E-state index in [1.54, 1.807) is 4.90 Å². The summed E-state index contributed by atoms with van der Waals surface area (Å²) in [5, 5.41) is 8.94. The Hall–Kier alpha value is -1.82. The number of carbonyl (C=O) groups is 1. The zero-order valence-electron chi connectivity index (χ0n) is 10.6. The summed E-state index contributed by atoms with van der Waals surface area (Å²) in [4.78, 5) is 13.8. The first kappa shape index (κ1) is 13.2. The molecule has 90 valence electrons. The predicted molar refractivity (Wildman–Crippen MR) is 68.6 cm³/mol. The molecule has 0 spiro atoms. The van der Waals surface area contributed by atoms with Crippen LogP contribution in [0.15, 0.2) is 24.3 Å². The Labute approximate surface area is 103 Å². The highest BCUT2D eigenvalue weighted by atomic mass is 16.2. The Bertz CT molecular complexity index is 434. The number of aryl methyl sites for hydroxylation is 1. The lowest BCUT2D eigenvalue weighted by Gasteiger charge is -2.23. The summed E-state index contributed by atoms with van der Waals surface area (Å²) in [6.07, 6.45) is 0.553. The third-order valence-corrected chi connectivity index (χ3v) is 2.76. The maximum absolute atomic E-state index is 12.2. The van der Waals surface area contributed by atoms with Crippen LogP contribution in [0.1, 0.15) is 25.8 Å². The molecule has 0 saturated heterocycles. The number of hydrogen-bond donors (Lipinski definition) is 0. The van der Waals surface area contributed by atoms with Crippen LogP contribution in [0, 0.1) is 24.2 Å². The predicted octanol–water partition coefficient (Wildman–Crippen LogP) is 2.90. The number of amides is 1. The van der Waals surface area contributed by atoms with Gasteiger partial charge in [0.1, 0.15) is 5.92 Å². The minimum atomic E-state index is -0.546. The molecule has 0 saturated carbocycles. The molecule has 1 aromatic rings. The zero-order chi connectivity index (χ0) is 12.8. The van der Waals surface area contributed by atoms with E-state index < -0.39 is 5.92 Å². The van der Waals surface area contributed by atoms with Gasteiger partial charge < -0.3 is 4.90 Å². The van der Waals surface area contributed by atoms with Crippen LogP contribution in [0.3, 0.4) is 0 Å². The summed E-state index contributed by atoms with van der Waals surface area (Å²) in [6, 6.07) is 9.84. The molecule has 0 radical (unpaired) electrons. The van der Waals surface area contributed by atoms with Crippen molar-refractivity contribution in [1.82, 2.24) is 0 Å². The van der Waals surface area contributed by atoms with E-state index in [9.17, 15) is 4.79 Å². The minimum Gasteiger partial charge on any atom is -0.312 e. The van der Waals surface area contributed by atoms with E-state index in [0.717, 1.165) is 11.3 Å². The number of benzene rings is 1. The van der Waals surface area contributed by atoms with Crippen molar-refractivity contribution in [2.45, 2.75) is 27.2 Å². The van der Waals surface area contributed by atoms with Crippen molar-refractivity contribution >= 4 is 11.6 Å². The van der Waals surface area contributed by atoms with Crippen molar-refractivity contribution in [3.63, 3.8) is 0 Å². The number of nitrogens with zero attached hydrogens (tertiary/aromatic N) is 2. The summed E-state index contributed by atoms with van der Waals surface area (Å²) < 4.78 is 0. The van der Waals surface area contributed by atoms with Crippen molar-refractivity contribution < 1.29 is 4.79 Å². The Morgan fingerprint density at radius 3 is 2.65 bits per heavy atom. The van der Waals surface area contributed by atoms with Gasteiger partial charge in [-0.1, -0.05) is 19.1 Å². The van der Waals surface area contributed by atoms with Crippen LogP contribution in [0.25, 0.3) is 0 Å². The smallest absolute Gasteiger partial charge is 0.244 e. The molecule has 1 aromatic carbocycles. The molecule has 1 rings (SSSR count). The van der Waals surface area contributed by atoms with Crippen LogP contribution < -0.4 is 4.90 Å². The van der Waals surface area contributed by atoms with Crippen LogP contribution in [0.2, 0.25) is 0 Å². The maximum Gasteiger partial charge on any atom is 0.244 e. The number of carbonyl (C=O) groups excluding carboxylic acids is 1. The summed E-state index contributed by atoms with van der Waals surface area (Å²) in [7, 11) is 0. The van der Waals surface area contributed by atoms with Gasteiger partial charge in [-0.05, 0) is 38.0 Å². The molecule has 1 atom stereocenters. The van der Waals surface area contributed by atoms with E-state index in [1.807, 2.05) is 45.0 Å². The SMILES string of the molecule is CCC(C#N)C(=O)N(CC)c1cccc(C)c1. The summed E-state index contributed by atoms with van der Waals surface area (Å²) in [5.41, 5.74) is 1.98. The number of rotatable bonds is 4. The molecular formula is C14H18N2O. The van der Waals surface area contributed by atoms with Gasteiger partial charge in [-0.2, -0.15) is 5.26 Å². The molecule has 0 bridgehead atoms. The van der Waals surface area contributed by atoms with Crippen LogP contribution in [0.4, 0.5) is 5.69 Å². The second kappa shape index (κ2) is 6.05. The van der Waals surface area contributed by atoms with Crippen molar-refractivity contribution in [3.05, 3.63) is 29.8 Å². The lowest BCUT2D eigenvalue weighted by atomic mass is 10.1. The molecule has 1 unspecified atom stereocenters. The van der Waals surface area contributed by atoms with E-state index >= 15 is 0 Å². The molecule has 3 nitrogen and oxygen atoms in total. The summed E-state index contributed by atoms with van der Waals surface area (Å²) in [6.45, 7) is 6.35. The van der Waals surface area contributed by atoms with Crippen LogP contribution in [-0.4, -0.2) is 12.5 Å². The van der Waals surface area contributed by atoms with E-state index in [2.05, 4.69) is 6.07 Å². The van der Waals surface area contributed by atoms with Crippen LogP contribution >= 0.6 is 0 Å². The summed E-state index contributed by atoms with van der Waals surface area (Å²) >= 11 is 0. The Balaban J connectivity index is 3.00. The van der Waals surface area contributed by atoms with Gasteiger partial charge in [-0.15, -0.1) is 0 Å². The van der Waals surface area contributed by atoms with Gasteiger partial charge in [0.2, 0.25) is 5.91 Å². The molecule has 0 fully saturated rings. The van der Waals surface area contributed by atoms with Gasteiger partial charge in [0.05, 0.1) is 6.07 Å². The second-order valence-electron chi connectivity index (χ2n) is 4.01. The highest BCUT2D eigenvalue weighted by Crippen LogP contribution is 2.19. The molecule has 0 heterocycles. The topological polar surface area (TPSA) is 44.1 Å². The first-order valence-corrected chi connectivity index (χ1v) is 5.91. The second-order valence-corrected chi connectivity index (χ2v) is 4.01. The Kier molecular flexibility index (Phi) is 4.71. The van der Waals surface area contributed by atoms with Gasteiger partial charge in [-0.25, -0.2) is 0 Å². The van der Waals surface area contributed by atoms with Gasteiger partial charge in [0, 0.05) is 12.2 Å². The Morgan fingerprint density at radius 1 is 1.47 bits per heavy atom. The van der Waals surface area contributed by atoms with Crippen LogP contribution in [-0.2, 0) is 4.79 Å². The van der Waals surface area contributed by atoms with Gasteiger partial charge in [-0.3, -0.25) is 4.79 Å². The molecule has 0 N–H and O–H groups in total. The van der Waals surface area contributed by atoms with Crippen molar-refractivity contribution in [2.75, 3.05) is 11.4 Å². The summed E-state index contributed by atoms with van der Waals surface area (Å²) in [5.74, 6) is -0.654. The van der Waals surface area contributed by atoms with Gasteiger partial charge in [0.15, 0.2) is 0 Å². The quantitative estimate of drug-likeness (QED) is 0.798. The molecule has 0 aliphatic carbocycles. The van der Waals surface area contributed by atoms with E-state index in [1.165, 1.54) is 0 Å². The average Bonchev–Trinajstić information content (AvgIpc) is 2.31. The lowest BCUT2D eigenvalue weighted by molar-refractivity contribution is -0.120. The largest absolute Gasteiger partial charge is 0.312 e. The molecule has 1 amide bonds. The molecule has 0 aliphatic rings. The molecule has 0 aliphatic heterocycles. The van der Waals surface area contributed by atoms with E-state index in [0.29, 0.717) is 13.0 Å². The molecule has 17 heavy (non-hydrogen) atoms. The first-order chi connectivity index (χ1) is 8.13. The molecule has 0 aromatic heterocycles. The fraction of sp³-hybridized carbons (Fsp3) is 0.429. The highest BCUT2D eigenvalue weighted by Gasteiger charge is 2.22. The van der Waals surface area contributed by atoms with Crippen molar-refractivity contribution in [1.29, 1.82) is 5.26 Å². The monoisotopic (exact) mass is 230 g/mol. The fourth-order valence-corrected chi connectivity index (χ4v) is 1.77. The third-order valence-electron chi connectivity index (χ3n) is 2.76. The maximum atomic E-state index is 12.2. The highest BCUT2D eigenvalue weighted by molar-refractivity contribution is 5.96. The standard InChI is InChI=1S/C14H18N2O/c1-4-12(10-15)14(17)16(5-2)13-8-6-7-11(3)9-13/h6-9,12H,4-5H2,1-3H3. The molecular weight excluding hydrogens is 212 g/mol.